The zero-order valence-corrected chi connectivity index (χ0v) is 11.6. The molecule has 0 fully saturated rings. The number of nitrogens with two attached hydrogens (primary N) is 1. The fourth-order valence-corrected chi connectivity index (χ4v) is 2.41. The van der Waals surface area contributed by atoms with Crippen LogP contribution in [0.5, 0.6) is 0 Å². The molecule has 100 valence electrons. The Balaban J connectivity index is 2.26. The Kier molecular flexibility index (Phi) is 3.89. The topological polar surface area (TPSA) is 61.7 Å². The van der Waals surface area contributed by atoms with Crippen LogP contribution in [0.4, 0.5) is 5.95 Å². The van der Waals surface area contributed by atoms with E-state index in [-0.39, 0.29) is 0 Å². The predicted octanol–water partition coefficient (Wildman–Crippen LogP) is 2.49. The molecular weight excluding hydrogens is 226 g/mol. The van der Waals surface area contributed by atoms with Crippen LogP contribution in [0, 0.1) is 0 Å². The number of nitrogen functional groups attached to an aromatic ring is 1. The lowest BCUT2D eigenvalue weighted by Crippen LogP contribution is -2.07. The molecule has 0 aliphatic heterocycles. The Morgan fingerprint density at radius 1 is 1.17 bits per heavy atom. The summed E-state index contributed by atoms with van der Waals surface area (Å²) in [4.78, 5) is 4.46. The van der Waals surface area contributed by atoms with Gasteiger partial charge in [0.2, 0.25) is 5.95 Å². The van der Waals surface area contributed by atoms with Crippen molar-refractivity contribution in [3.8, 4) is 0 Å². The van der Waals surface area contributed by atoms with Gasteiger partial charge in [-0.05, 0) is 12.8 Å². The highest BCUT2D eigenvalue weighted by molar-refractivity contribution is 5.77. The fourth-order valence-electron chi connectivity index (χ4n) is 2.41. The van der Waals surface area contributed by atoms with E-state index in [1.807, 2.05) is 11.7 Å². The number of hydrogen-bond acceptors (Lipinski definition) is 3. The van der Waals surface area contributed by atoms with Crippen molar-refractivity contribution >= 4 is 17.1 Å². The summed E-state index contributed by atoms with van der Waals surface area (Å²) in [6, 6.07) is 0. The van der Waals surface area contributed by atoms with E-state index < -0.39 is 0 Å². The van der Waals surface area contributed by atoms with E-state index in [9.17, 15) is 0 Å². The number of fused-ring (bicyclic) bond motifs is 1. The van der Waals surface area contributed by atoms with E-state index in [2.05, 4.69) is 28.5 Å². The van der Waals surface area contributed by atoms with Crippen molar-refractivity contribution in [1.29, 1.82) is 0 Å². The maximum Gasteiger partial charge on any atom is 0.202 e. The van der Waals surface area contributed by atoms with Gasteiger partial charge in [-0.25, -0.2) is 4.98 Å². The largest absolute Gasteiger partial charge is 0.369 e. The Labute approximate surface area is 108 Å². The lowest BCUT2D eigenvalue weighted by molar-refractivity contribution is 0.585. The minimum atomic E-state index is 0.615. The summed E-state index contributed by atoms with van der Waals surface area (Å²) in [7, 11) is 1.96. The highest BCUT2D eigenvalue weighted by Crippen LogP contribution is 2.21. The predicted molar refractivity (Wildman–Crippen MR) is 74.4 cm³/mol. The molecule has 0 saturated carbocycles. The molecule has 2 rings (SSSR count). The average Bonchev–Trinajstić information content (AvgIpc) is 2.83. The molecule has 18 heavy (non-hydrogen) atoms. The Morgan fingerprint density at radius 3 is 2.61 bits per heavy atom. The minimum Gasteiger partial charge on any atom is -0.369 e. The smallest absolute Gasteiger partial charge is 0.202 e. The maximum absolute atomic E-state index is 6.02. The van der Waals surface area contributed by atoms with E-state index in [1.165, 1.54) is 19.3 Å². The molecular formula is C13H23N5. The normalized spacial score (nSPS) is 11.5. The molecule has 0 unspecified atom stereocenters. The second kappa shape index (κ2) is 5.42. The van der Waals surface area contributed by atoms with Gasteiger partial charge in [0.25, 0.3) is 0 Å². The monoisotopic (exact) mass is 249 g/mol. The summed E-state index contributed by atoms with van der Waals surface area (Å²) in [5, 5.41) is 4.49. The van der Waals surface area contributed by atoms with Crippen LogP contribution in [0.25, 0.3) is 11.2 Å². The highest BCUT2D eigenvalue weighted by atomic mass is 15.3. The molecule has 0 bridgehead atoms. The number of unbranched alkanes of at least 4 members (excludes halogenated alkanes) is 3. The van der Waals surface area contributed by atoms with E-state index in [0.717, 1.165) is 36.2 Å². The lowest BCUT2D eigenvalue weighted by atomic mass is 10.2. The van der Waals surface area contributed by atoms with Crippen molar-refractivity contribution in [2.75, 3.05) is 5.73 Å². The first kappa shape index (κ1) is 12.9. The first-order valence-corrected chi connectivity index (χ1v) is 6.86. The lowest BCUT2D eigenvalue weighted by Gasteiger charge is -2.06. The number of anilines is 1. The second-order valence-corrected chi connectivity index (χ2v) is 4.78. The summed E-state index contributed by atoms with van der Waals surface area (Å²) < 4.78 is 3.99. The van der Waals surface area contributed by atoms with E-state index in [0.29, 0.717) is 5.95 Å². The van der Waals surface area contributed by atoms with Crippen molar-refractivity contribution in [2.24, 2.45) is 7.05 Å². The van der Waals surface area contributed by atoms with Crippen molar-refractivity contribution in [3.05, 3.63) is 5.69 Å². The van der Waals surface area contributed by atoms with Crippen LogP contribution < -0.4 is 5.73 Å². The molecule has 0 atom stereocenters. The average molecular weight is 249 g/mol. The number of rotatable bonds is 6. The van der Waals surface area contributed by atoms with Gasteiger partial charge >= 0.3 is 0 Å². The third kappa shape index (κ3) is 2.21. The number of nitrogens with zero attached hydrogens (tertiary/aromatic N) is 4. The Morgan fingerprint density at radius 2 is 1.94 bits per heavy atom. The molecule has 0 amide bonds. The highest BCUT2D eigenvalue weighted by Gasteiger charge is 2.16. The summed E-state index contributed by atoms with van der Waals surface area (Å²) in [5.41, 5.74) is 9.07. The molecule has 2 heterocycles. The van der Waals surface area contributed by atoms with E-state index >= 15 is 0 Å². The summed E-state index contributed by atoms with van der Waals surface area (Å²) in [6.45, 7) is 5.25. The van der Waals surface area contributed by atoms with Gasteiger partial charge in [-0.15, -0.1) is 0 Å². The van der Waals surface area contributed by atoms with Gasteiger partial charge in [-0.1, -0.05) is 33.1 Å². The maximum atomic E-state index is 6.02. The third-order valence-electron chi connectivity index (χ3n) is 3.39. The summed E-state index contributed by atoms with van der Waals surface area (Å²) in [5.74, 6) is 0.615. The molecule has 0 saturated heterocycles. The minimum absolute atomic E-state index is 0.615. The second-order valence-electron chi connectivity index (χ2n) is 4.78. The molecule has 5 nitrogen and oxygen atoms in total. The van der Waals surface area contributed by atoms with E-state index in [4.69, 9.17) is 5.73 Å². The molecule has 2 N–H and O–H groups in total. The Bertz CT molecular complexity index is 523. The van der Waals surface area contributed by atoms with Crippen molar-refractivity contribution in [2.45, 2.75) is 52.5 Å². The van der Waals surface area contributed by atoms with Crippen LogP contribution in [-0.4, -0.2) is 19.3 Å². The van der Waals surface area contributed by atoms with Gasteiger partial charge in [0.15, 0.2) is 5.65 Å². The van der Waals surface area contributed by atoms with Crippen LogP contribution >= 0.6 is 0 Å². The van der Waals surface area contributed by atoms with E-state index in [1.54, 1.807) is 0 Å². The standard InChI is InChI=1S/C13H23N5/c1-4-6-7-8-9-18-12-11(15-13(18)14)10(5-2)16-17(12)3/h4-9H2,1-3H3,(H2,14,15). The fraction of sp³-hybridized carbons (Fsp3) is 0.692. The number of hydrogen-bond donors (Lipinski definition) is 1. The SMILES string of the molecule is CCCCCCn1c(N)nc2c(CC)nn(C)c21. The first-order chi connectivity index (χ1) is 8.69. The first-order valence-electron chi connectivity index (χ1n) is 6.86. The van der Waals surface area contributed by atoms with Crippen molar-refractivity contribution < 1.29 is 0 Å². The van der Waals surface area contributed by atoms with Crippen LogP contribution in [0.2, 0.25) is 0 Å². The molecule has 2 aromatic heterocycles. The zero-order chi connectivity index (χ0) is 13.1. The number of aromatic nitrogens is 4. The molecule has 0 aromatic carbocycles. The van der Waals surface area contributed by atoms with Gasteiger partial charge in [-0.3, -0.25) is 9.25 Å². The molecule has 0 aliphatic carbocycles. The van der Waals surface area contributed by atoms with Crippen LogP contribution in [0.3, 0.4) is 0 Å². The third-order valence-corrected chi connectivity index (χ3v) is 3.39. The van der Waals surface area contributed by atoms with Crippen molar-refractivity contribution in [3.63, 3.8) is 0 Å². The van der Waals surface area contributed by atoms with Gasteiger partial charge in [-0.2, -0.15) is 5.10 Å². The van der Waals surface area contributed by atoms with Crippen LogP contribution in [-0.2, 0) is 20.0 Å². The van der Waals surface area contributed by atoms with Gasteiger partial charge < -0.3 is 5.73 Å². The van der Waals surface area contributed by atoms with Gasteiger partial charge in [0.1, 0.15) is 5.52 Å². The van der Waals surface area contributed by atoms with Crippen LogP contribution in [0.15, 0.2) is 0 Å². The quantitative estimate of drug-likeness (QED) is 0.800. The molecule has 0 aliphatic rings. The molecule has 0 spiro atoms. The van der Waals surface area contributed by atoms with Gasteiger partial charge in [0.05, 0.1) is 5.69 Å². The van der Waals surface area contributed by atoms with Crippen LogP contribution in [0.1, 0.15) is 45.2 Å². The Hall–Kier alpha value is -1.52. The molecule has 5 heteroatoms. The summed E-state index contributed by atoms with van der Waals surface area (Å²) >= 11 is 0. The molecule has 0 radical (unpaired) electrons. The zero-order valence-electron chi connectivity index (χ0n) is 11.6. The van der Waals surface area contributed by atoms with Gasteiger partial charge in [0, 0.05) is 13.6 Å². The summed E-state index contributed by atoms with van der Waals surface area (Å²) in [6.07, 6.45) is 5.82. The van der Waals surface area contributed by atoms with Crippen molar-refractivity contribution in [1.82, 2.24) is 19.3 Å². The number of aryl methyl sites for hydroxylation is 3. The number of imidazole rings is 1. The molecule has 2 aromatic rings.